The van der Waals surface area contributed by atoms with Gasteiger partial charge in [0, 0.05) is 0 Å². The standard InChI is InChI=1S/C15H18N2O3/c1-15(2,3)10-7-5-9(6-8-10)11-12(14(18)19-4)17-20-13(11)16/h5-8H,16H2,1-4H3. The van der Waals surface area contributed by atoms with Crippen molar-refractivity contribution in [3.05, 3.63) is 35.5 Å². The zero-order valence-corrected chi connectivity index (χ0v) is 12.1. The van der Waals surface area contributed by atoms with E-state index >= 15 is 0 Å². The molecule has 0 amide bonds. The molecule has 0 spiro atoms. The minimum Gasteiger partial charge on any atom is -0.464 e. The van der Waals surface area contributed by atoms with Crippen LogP contribution in [0.1, 0.15) is 36.8 Å². The lowest BCUT2D eigenvalue weighted by Crippen LogP contribution is -2.10. The third-order valence-corrected chi connectivity index (χ3v) is 3.14. The molecule has 0 fully saturated rings. The summed E-state index contributed by atoms with van der Waals surface area (Å²) in [7, 11) is 1.29. The lowest BCUT2D eigenvalue weighted by atomic mass is 9.86. The third-order valence-electron chi connectivity index (χ3n) is 3.14. The third kappa shape index (κ3) is 2.52. The average molecular weight is 274 g/mol. The van der Waals surface area contributed by atoms with Crippen molar-refractivity contribution in [2.75, 3.05) is 12.8 Å². The van der Waals surface area contributed by atoms with Crippen LogP contribution in [0.4, 0.5) is 5.88 Å². The first-order valence-corrected chi connectivity index (χ1v) is 6.29. The molecule has 0 bridgehead atoms. The fourth-order valence-electron chi connectivity index (χ4n) is 1.95. The first-order valence-electron chi connectivity index (χ1n) is 6.29. The van der Waals surface area contributed by atoms with Gasteiger partial charge in [-0.25, -0.2) is 4.79 Å². The Kier molecular flexibility index (Phi) is 3.53. The van der Waals surface area contributed by atoms with Crippen LogP contribution in [0, 0.1) is 0 Å². The molecular formula is C15H18N2O3. The summed E-state index contributed by atoms with van der Waals surface area (Å²) in [6.45, 7) is 6.40. The monoisotopic (exact) mass is 274 g/mol. The maximum atomic E-state index is 11.6. The molecule has 20 heavy (non-hydrogen) atoms. The average Bonchev–Trinajstić information content (AvgIpc) is 2.79. The zero-order chi connectivity index (χ0) is 14.9. The highest BCUT2D eigenvalue weighted by molar-refractivity contribution is 5.97. The van der Waals surface area contributed by atoms with E-state index in [-0.39, 0.29) is 17.0 Å². The number of ether oxygens (including phenoxy) is 1. The second kappa shape index (κ2) is 5.00. The Bertz CT molecular complexity index is 622. The number of nitrogen functional groups attached to an aromatic ring is 1. The van der Waals surface area contributed by atoms with Gasteiger partial charge in [-0.1, -0.05) is 50.2 Å². The van der Waals surface area contributed by atoms with Gasteiger partial charge in [-0.15, -0.1) is 0 Å². The van der Waals surface area contributed by atoms with Crippen molar-refractivity contribution in [3.63, 3.8) is 0 Å². The van der Waals surface area contributed by atoms with E-state index in [4.69, 9.17) is 10.3 Å². The van der Waals surface area contributed by atoms with Crippen LogP contribution < -0.4 is 5.73 Å². The van der Waals surface area contributed by atoms with Gasteiger partial charge in [0.15, 0.2) is 0 Å². The Morgan fingerprint density at radius 3 is 2.35 bits per heavy atom. The molecule has 0 atom stereocenters. The number of hydrogen-bond donors (Lipinski definition) is 1. The van der Waals surface area contributed by atoms with Crippen molar-refractivity contribution >= 4 is 11.9 Å². The lowest BCUT2D eigenvalue weighted by Gasteiger charge is -2.19. The van der Waals surface area contributed by atoms with E-state index in [0.717, 1.165) is 5.56 Å². The Hall–Kier alpha value is -2.30. The summed E-state index contributed by atoms with van der Waals surface area (Å²) in [4.78, 5) is 11.6. The van der Waals surface area contributed by atoms with Crippen molar-refractivity contribution in [1.29, 1.82) is 0 Å². The minimum atomic E-state index is -0.569. The largest absolute Gasteiger partial charge is 0.464 e. The van der Waals surface area contributed by atoms with E-state index < -0.39 is 5.97 Å². The second-order valence-corrected chi connectivity index (χ2v) is 5.59. The number of nitrogens with zero attached hydrogens (tertiary/aromatic N) is 1. The number of carbonyl (C=O) groups is 1. The van der Waals surface area contributed by atoms with Crippen molar-refractivity contribution in [1.82, 2.24) is 5.16 Å². The number of benzene rings is 1. The van der Waals surface area contributed by atoms with E-state index in [2.05, 4.69) is 30.7 Å². The molecule has 5 nitrogen and oxygen atoms in total. The van der Waals surface area contributed by atoms with E-state index in [9.17, 15) is 4.79 Å². The van der Waals surface area contributed by atoms with Crippen molar-refractivity contribution in [2.24, 2.45) is 0 Å². The van der Waals surface area contributed by atoms with Crippen molar-refractivity contribution < 1.29 is 14.1 Å². The van der Waals surface area contributed by atoms with E-state index in [1.54, 1.807) is 0 Å². The van der Waals surface area contributed by atoms with Crippen LogP contribution in [0.3, 0.4) is 0 Å². The predicted octanol–water partition coefficient (Wildman–Crippen LogP) is 3.01. The predicted molar refractivity (Wildman–Crippen MR) is 76.4 cm³/mol. The highest BCUT2D eigenvalue weighted by Crippen LogP contribution is 2.32. The molecule has 106 valence electrons. The van der Waals surface area contributed by atoms with E-state index in [1.807, 2.05) is 24.3 Å². The number of methoxy groups -OCH3 is 1. The van der Waals surface area contributed by atoms with Gasteiger partial charge in [0.25, 0.3) is 0 Å². The molecule has 0 radical (unpaired) electrons. The summed E-state index contributed by atoms with van der Waals surface area (Å²) in [5.74, 6) is -0.464. The normalized spacial score (nSPS) is 11.4. The van der Waals surface area contributed by atoms with Gasteiger partial charge in [0.05, 0.1) is 12.7 Å². The zero-order valence-electron chi connectivity index (χ0n) is 12.1. The van der Waals surface area contributed by atoms with Crippen LogP contribution in [-0.2, 0) is 10.2 Å². The fraction of sp³-hybridized carbons (Fsp3) is 0.333. The summed E-state index contributed by atoms with van der Waals surface area (Å²) >= 11 is 0. The number of carbonyl (C=O) groups excluding carboxylic acids is 1. The molecule has 2 rings (SSSR count). The van der Waals surface area contributed by atoms with Gasteiger partial charge >= 0.3 is 5.97 Å². The first-order chi connectivity index (χ1) is 9.34. The van der Waals surface area contributed by atoms with Gasteiger partial charge in [-0.05, 0) is 16.5 Å². The molecule has 2 aromatic rings. The van der Waals surface area contributed by atoms with Crippen LogP contribution in [0.25, 0.3) is 11.1 Å². The minimum absolute atomic E-state index is 0.0594. The molecule has 1 aromatic heterocycles. The summed E-state index contributed by atoms with van der Waals surface area (Å²) in [5.41, 5.74) is 8.34. The Morgan fingerprint density at radius 2 is 1.85 bits per heavy atom. The van der Waals surface area contributed by atoms with Gasteiger partial charge < -0.3 is 15.0 Å². The van der Waals surface area contributed by atoms with E-state index in [1.165, 1.54) is 12.7 Å². The van der Waals surface area contributed by atoms with E-state index in [0.29, 0.717) is 5.56 Å². The number of anilines is 1. The Morgan fingerprint density at radius 1 is 1.25 bits per heavy atom. The van der Waals surface area contributed by atoms with Gasteiger partial charge in [-0.2, -0.15) is 0 Å². The topological polar surface area (TPSA) is 78.3 Å². The highest BCUT2D eigenvalue weighted by Gasteiger charge is 2.23. The second-order valence-electron chi connectivity index (χ2n) is 5.59. The Balaban J connectivity index is 2.47. The molecule has 0 aliphatic heterocycles. The molecule has 0 saturated carbocycles. The lowest BCUT2D eigenvalue weighted by molar-refractivity contribution is 0.0590. The molecule has 0 unspecified atom stereocenters. The molecule has 5 heteroatoms. The fourth-order valence-corrected chi connectivity index (χ4v) is 1.95. The van der Waals surface area contributed by atoms with Crippen LogP contribution in [0.5, 0.6) is 0 Å². The smallest absolute Gasteiger partial charge is 0.361 e. The first kappa shape index (κ1) is 14.1. The molecule has 1 aromatic carbocycles. The van der Waals surface area contributed by atoms with Crippen molar-refractivity contribution in [3.8, 4) is 11.1 Å². The summed E-state index contributed by atoms with van der Waals surface area (Å²) in [5, 5.41) is 3.66. The maximum absolute atomic E-state index is 11.6. The van der Waals surface area contributed by atoms with Gasteiger partial charge in [0.1, 0.15) is 0 Å². The quantitative estimate of drug-likeness (QED) is 0.852. The molecular weight excluding hydrogens is 256 g/mol. The van der Waals surface area contributed by atoms with Gasteiger partial charge in [0.2, 0.25) is 11.6 Å². The Labute approximate surface area is 117 Å². The molecule has 0 aliphatic carbocycles. The van der Waals surface area contributed by atoms with Crippen molar-refractivity contribution in [2.45, 2.75) is 26.2 Å². The number of aromatic nitrogens is 1. The summed E-state index contributed by atoms with van der Waals surface area (Å²) in [6, 6.07) is 7.80. The van der Waals surface area contributed by atoms with Crippen LogP contribution in [0.2, 0.25) is 0 Å². The number of nitrogens with two attached hydrogens (primary N) is 1. The maximum Gasteiger partial charge on any atom is 0.361 e. The van der Waals surface area contributed by atoms with Crippen LogP contribution in [-0.4, -0.2) is 18.2 Å². The van der Waals surface area contributed by atoms with Crippen LogP contribution >= 0.6 is 0 Å². The SMILES string of the molecule is COC(=O)c1noc(N)c1-c1ccc(C(C)(C)C)cc1. The molecule has 1 heterocycles. The molecule has 2 N–H and O–H groups in total. The summed E-state index contributed by atoms with van der Waals surface area (Å²) < 4.78 is 9.57. The highest BCUT2D eigenvalue weighted by atomic mass is 16.5. The summed E-state index contributed by atoms with van der Waals surface area (Å²) in [6.07, 6.45) is 0. The molecule has 0 aliphatic rings. The number of rotatable bonds is 2. The van der Waals surface area contributed by atoms with Gasteiger partial charge in [-0.3, -0.25) is 0 Å². The molecule has 0 saturated heterocycles. The van der Waals surface area contributed by atoms with Crippen LogP contribution in [0.15, 0.2) is 28.8 Å². The number of hydrogen-bond acceptors (Lipinski definition) is 5. The number of esters is 1.